The molecule has 32 heavy (non-hydrogen) atoms. The average molecular weight is 432 g/mol. The van der Waals surface area contributed by atoms with Crippen LogP contribution in [0.1, 0.15) is 19.4 Å². The van der Waals surface area contributed by atoms with E-state index in [0.717, 1.165) is 27.5 Å². The molecule has 4 aromatic rings. The number of ether oxygens (including phenoxy) is 2. The molecule has 4 rings (SSSR count). The lowest BCUT2D eigenvalue weighted by Gasteiger charge is -2.15. The maximum absolute atomic E-state index is 12.5. The summed E-state index contributed by atoms with van der Waals surface area (Å²) < 4.78 is 16.6. The fraction of sp³-hybridized carbons (Fsp3) is 0.200. The Labute approximate surface area is 185 Å². The number of benzene rings is 3. The molecule has 1 unspecified atom stereocenters. The Kier molecular flexibility index (Phi) is 6.26. The second-order valence-electron chi connectivity index (χ2n) is 7.30. The van der Waals surface area contributed by atoms with Crippen LogP contribution in [-0.4, -0.2) is 24.5 Å². The predicted molar refractivity (Wildman–Crippen MR) is 121 cm³/mol. The summed E-state index contributed by atoms with van der Waals surface area (Å²) >= 11 is 0. The summed E-state index contributed by atoms with van der Waals surface area (Å²) in [6.07, 6.45) is 0.845. The van der Waals surface area contributed by atoms with Gasteiger partial charge in [0.15, 0.2) is 6.10 Å². The summed E-state index contributed by atoms with van der Waals surface area (Å²) in [6.45, 7) is 4.08. The van der Waals surface area contributed by atoms with E-state index in [4.69, 9.17) is 13.9 Å². The van der Waals surface area contributed by atoms with E-state index in [1.165, 1.54) is 0 Å². The zero-order valence-electron chi connectivity index (χ0n) is 17.9. The molecule has 0 saturated carbocycles. The lowest BCUT2D eigenvalue weighted by atomic mass is 10.0. The number of amides is 2. The van der Waals surface area contributed by atoms with Crippen molar-refractivity contribution in [1.82, 2.24) is 10.9 Å². The monoisotopic (exact) mass is 432 g/mol. The molecule has 2 amide bonds. The van der Waals surface area contributed by atoms with E-state index in [9.17, 15) is 9.59 Å². The van der Waals surface area contributed by atoms with Crippen molar-refractivity contribution in [3.05, 3.63) is 72.5 Å². The summed E-state index contributed by atoms with van der Waals surface area (Å²) in [7, 11) is 0. The molecular formula is C25H24N2O5. The van der Waals surface area contributed by atoms with Crippen molar-refractivity contribution in [3.63, 3.8) is 0 Å². The van der Waals surface area contributed by atoms with Crippen molar-refractivity contribution in [1.29, 1.82) is 0 Å². The van der Waals surface area contributed by atoms with Crippen molar-refractivity contribution in [2.24, 2.45) is 0 Å². The van der Waals surface area contributed by atoms with Gasteiger partial charge in [0, 0.05) is 10.9 Å². The SMILES string of the molecule is CCOc1ccc(OC(C)C(=O)NNC(=O)Cc2coc3ccc4ccccc4c23)cc1. The van der Waals surface area contributed by atoms with Crippen molar-refractivity contribution in [2.45, 2.75) is 26.4 Å². The second kappa shape index (κ2) is 9.43. The first kappa shape index (κ1) is 21.2. The summed E-state index contributed by atoms with van der Waals surface area (Å²) in [6, 6.07) is 18.8. The number of furan rings is 1. The molecule has 1 aromatic heterocycles. The largest absolute Gasteiger partial charge is 0.494 e. The van der Waals surface area contributed by atoms with E-state index in [2.05, 4.69) is 10.9 Å². The minimum absolute atomic E-state index is 0.0649. The number of hydrogen-bond acceptors (Lipinski definition) is 5. The zero-order valence-corrected chi connectivity index (χ0v) is 17.9. The molecule has 164 valence electrons. The quantitative estimate of drug-likeness (QED) is 0.429. The molecule has 0 radical (unpaired) electrons. The summed E-state index contributed by atoms with van der Waals surface area (Å²) in [5.74, 6) is 0.430. The molecule has 7 nitrogen and oxygen atoms in total. The van der Waals surface area contributed by atoms with Gasteiger partial charge in [0.25, 0.3) is 5.91 Å². The van der Waals surface area contributed by atoms with Crippen molar-refractivity contribution in [2.75, 3.05) is 6.61 Å². The van der Waals surface area contributed by atoms with Gasteiger partial charge in [-0.05, 0) is 55.0 Å². The predicted octanol–water partition coefficient (Wildman–Crippen LogP) is 4.14. The first-order valence-electron chi connectivity index (χ1n) is 10.4. The molecule has 0 saturated heterocycles. The summed E-state index contributed by atoms with van der Waals surface area (Å²) in [5.41, 5.74) is 6.33. The fourth-order valence-corrected chi connectivity index (χ4v) is 3.49. The van der Waals surface area contributed by atoms with Crippen LogP contribution in [0.3, 0.4) is 0 Å². The average Bonchev–Trinajstić information content (AvgIpc) is 3.22. The van der Waals surface area contributed by atoms with Gasteiger partial charge in [-0.3, -0.25) is 20.4 Å². The van der Waals surface area contributed by atoms with Crippen molar-refractivity contribution in [3.8, 4) is 11.5 Å². The van der Waals surface area contributed by atoms with Gasteiger partial charge in [0.05, 0.1) is 19.3 Å². The number of carbonyl (C=O) groups excluding carboxylic acids is 2. The van der Waals surface area contributed by atoms with Gasteiger partial charge >= 0.3 is 0 Å². The number of carbonyl (C=O) groups is 2. The standard InChI is InChI=1S/C25H24N2O5/c1-3-30-19-9-11-20(12-10-19)32-16(2)25(29)27-26-23(28)14-18-15-31-22-13-8-17-6-4-5-7-21(17)24(18)22/h4-13,15-16H,3,14H2,1-2H3,(H,26,28)(H,27,29). The van der Waals surface area contributed by atoms with Crippen LogP contribution in [-0.2, 0) is 16.0 Å². The topological polar surface area (TPSA) is 89.8 Å². The van der Waals surface area contributed by atoms with Crippen LogP contribution in [0.25, 0.3) is 21.7 Å². The Hall–Kier alpha value is -4.00. The van der Waals surface area contributed by atoms with Gasteiger partial charge < -0.3 is 13.9 Å². The molecule has 0 aliphatic heterocycles. The lowest BCUT2D eigenvalue weighted by Crippen LogP contribution is -2.47. The number of fused-ring (bicyclic) bond motifs is 3. The number of nitrogens with one attached hydrogen (secondary N) is 2. The molecule has 3 aromatic carbocycles. The third-order valence-corrected chi connectivity index (χ3v) is 5.03. The maximum atomic E-state index is 12.5. The van der Waals surface area contributed by atoms with E-state index < -0.39 is 12.0 Å². The molecule has 0 bridgehead atoms. The van der Waals surface area contributed by atoms with Crippen LogP contribution < -0.4 is 20.3 Å². The van der Waals surface area contributed by atoms with E-state index in [0.29, 0.717) is 17.9 Å². The first-order chi connectivity index (χ1) is 15.5. The number of hydrogen-bond donors (Lipinski definition) is 2. The lowest BCUT2D eigenvalue weighted by molar-refractivity contribution is -0.132. The van der Waals surface area contributed by atoms with Crippen molar-refractivity contribution >= 4 is 33.6 Å². The van der Waals surface area contributed by atoms with Gasteiger partial charge in [-0.1, -0.05) is 30.3 Å². The fourth-order valence-electron chi connectivity index (χ4n) is 3.49. The van der Waals surface area contributed by atoms with Gasteiger partial charge in [-0.2, -0.15) is 0 Å². The molecular weight excluding hydrogens is 408 g/mol. The van der Waals surface area contributed by atoms with Crippen LogP contribution in [0.2, 0.25) is 0 Å². The first-order valence-corrected chi connectivity index (χ1v) is 10.4. The normalized spacial score (nSPS) is 11.8. The summed E-state index contributed by atoms with van der Waals surface area (Å²) in [4.78, 5) is 24.8. The number of rotatable bonds is 7. The minimum Gasteiger partial charge on any atom is -0.494 e. The van der Waals surface area contributed by atoms with Crippen LogP contribution >= 0.6 is 0 Å². The molecule has 1 heterocycles. The zero-order chi connectivity index (χ0) is 22.5. The molecule has 1 atom stereocenters. The van der Waals surface area contributed by atoms with Gasteiger partial charge in [0.1, 0.15) is 17.1 Å². The molecule has 0 fully saturated rings. The molecule has 0 spiro atoms. The molecule has 0 aliphatic rings. The summed E-state index contributed by atoms with van der Waals surface area (Å²) in [5, 5.41) is 2.98. The van der Waals surface area contributed by atoms with Crippen LogP contribution in [0.5, 0.6) is 11.5 Å². The van der Waals surface area contributed by atoms with E-state index >= 15 is 0 Å². The second-order valence-corrected chi connectivity index (χ2v) is 7.30. The molecule has 2 N–H and O–H groups in total. The van der Waals surface area contributed by atoms with E-state index in [-0.39, 0.29) is 12.3 Å². The van der Waals surface area contributed by atoms with E-state index in [1.807, 2.05) is 43.3 Å². The van der Waals surface area contributed by atoms with Crippen LogP contribution in [0.15, 0.2) is 71.3 Å². The highest BCUT2D eigenvalue weighted by Crippen LogP contribution is 2.30. The smallest absolute Gasteiger partial charge is 0.279 e. The molecule has 0 aliphatic carbocycles. The minimum atomic E-state index is -0.799. The third kappa shape index (κ3) is 4.67. The Morgan fingerprint density at radius 1 is 0.969 bits per heavy atom. The number of hydrazine groups is 1. The van der Waals surface area contributed by atoms with Gasteiger partial charge in [-0.25, -0.2) is 0 Å². The highest BCUT2D eigenvalue weighted by molar-refractivity contribution is 6.08. The van der Waals surface area contributed by atoms with Crippen molar-refractivity contribution < 1.29 is 23.5 Å². The highest BCUT2D eigenvalue weighted by Gasteiger charge is 2.17. The Morgan fingerprint density at radius 2 is 1.72 bits per heavy atom. The van der Waals surface area contributed by atoms with Crippen LogP contribution in [0, 0.1) is 0 Å². The van der Waals surface area contributed by atoms with Gasteiger partial charge in [-0.15, -0.1) is 0 Å². The Bertz CT molecular complexity index is 1250. The van der Waals surface area contributed by atoms with Crippen LogP contribution in [0.4, 0.5) is 0 Å². The van der Waals surface area contributed by atoms with Gasteiger partial charge in [0.2, 0.25) is 5.91 Å². The van der Waals surface area contributed by atoms with E-state index in [1.54, 1.807) is 37.5 Å². The third-order valence-electron chi connectivity index (χ3n) is 5.03. The Balaban J connectivity index is 1.34. The molecule has 7 heteroatoms. The maximum Gasteiger partial charge on any atom is 0.279 e. The Morgan fingerprint density at radius 3 is 2.50 bits per heavy atom. The highest BCUT2D eigenvalue weighted by atomic mass is 16.5.